The Morgan fingerprint density at radius 3 is 2.95 bits per heavy atom. The van der Waals surface area contributed by atoms with Gasteiger partial charge in [-0.1, -0.05) is 13.0 Å². The molecule has 0 bridgehead atoms. The first-order valence-electron chi connectivity index (χ1n) is 5.87. The Labute approximate surface area is 110 Å². The molecule has 0 aliphatic carbocycles. The normalized spacial score (nSPS) is 9.95. The number of benzene rings is 1. The minimum Gasteiger partial charge on any atom is -0.319 e. The Morgan fingerprint density at radius 2 is 2.32 bits per heavy atom. The van der Waals surface area contributed by atoms with E-state index < -0.39 is 5.91 Å². The molecule has 0 atom stereocenters. The lowest BCUT2D eigenvalue weighted by Crippen LogP contribution is -2.14. The summed E-state index contributed by atoms with van der Waals surface area (Å²) in [5.74, 6) is 0.361. The third kappa shape index (κ3) is 2.77. The second-order valence-corrected chi connectivity index (χ2v) is 4.05. The zero-order valence-electron chi connectivity index (χ0n) is 10.7. The third-order valence-corrected chi connectivity index (χ3v) is 2.68. The lowest BCUT2D eigenvalue weighted by molar-refractivity contribution is 0.101. The number of aryl methyl sites for hydroxylation is 2. The first-order chi connectivity index (χ1) is 9.13. The Kier molecular flexibility index (Phi) is 3.57. The predicted octanol–water partition coefficient (Wildman–Crippen LogP) is 1.80. The number of nitrogens with one attached hydrogen (secondary N) is 2. The molecular weight excluding hydrogens is 242 g/mol. The fourth-order valence-electron chi connectivity index (χ4n) is 1.56. The Morgan fingerprint density at radius 1 is 1.53 bits per heavy atom. The summed E-state index contributed by atoms with van der Waals surface area (Å²) in [5.41, 5.74) is 1.95. The maximum absolute atomic E-state index is 12.0. The van der Waals surface area contributed by atoms with Gasteiger partial charge < -0.3 is 5.32 Å². The lowest BCUT2D eigenvalue weighted by atomic mass is 10.1. The van der Waals surface area contributed by atoms with Gasteiger partial charge in [-0.25, -0.2) is 4.98 Å². The van der Waals surface area contributed by atoms with Crippen LogP contribution in [-0.4, -0.2) is 21.1 Å². The van der Waals surface area contributed by atoms with Crippen molar-refractivity contribution in [2.45, 2.75) is 20.3 Å². The largest absolute Gasteiger partial charge is 0.319 e. The van der Waals surface area contributed by atoms with E-state index in [9.17, 15) is 4.79 Å². The van der Waals surface area contributed by atoms with E-state index in [-0.39, 0.29) is 5.82 Å². The van der Waals surface area contributed by atoms with Gasteiger partial charge in [0.25, 0.3) is 5.91 Å². The van der Waals surface area contributed by atoms with Crippen molar-refractivity contribution >= 4 is 11.6 Å². The molecule has 6 nitrogen and oxygen atoms in total. The van der Waals surface area contributed by atoms with Crippen LogP contribution in [0.5, 0.6) is 0 Å². The number of anilines is 1. The Balaban J connectivity index is 2.21. The van der Waals surface area contributed by atoms with Crippen molar-refractivity contribution in [1.29, 1.82) is 5.26 Å². The second kappa shape index (κ2) is 5.31. The summed E-state index contributed by atoms with van der Waals surface area (Å²) in [4.78, 5) is 16.0. The van der Waals surface area contributed by atoms with E-state index in [1.54, 1.807) is 18.2 Å². The van der Waals surface area contributed by atoms with Crippen molar-refractivity contribution in [1.82, 2.24) is 15.2 Å². The second-order valence-electron chi connectivity index (χ2n) is 4.05. The standard InChI is InChI=1S/C13H13N5O/c1-3-11-16-12(18-17-11)13(19)15-10-6-9(7-14)5-4-8(10)2/h4-6H,3H2,1-2H3,(H,15,19)(H,16,17,18). The molecule has 0 spiro atoms. The van der Waals surface area contributed by atoms with Crippen LogP contribution < -0.4 is 5.32 Å². The number of carbonyl (C=O) groups is 1. The monoisotopic (exact) mass is 255 g/mol. The van der Waals surface area contributed by atoms with E-state index in [1.807, 2.05) is 19.9 Å². The van der Waals surface area contributed by atoms with Gasteiger partial charge in [0.15, 0.2) is 0 Å². The Bertz CT molecular complexity index is 653. The molecule has 1 aromatic carbocycles. The van der Waals surface area contributed by atoms with Gasteiger partial charge in [-0.15, -0.1) is 5.10 Å². The molecule has 0 aliphatic heterocycles. The Hall–Kier alpha value is -2.68. The summed E-state index contributed by atoms with van der Waals surface area (Å²) in [6, 6.07) is 7.14. The molecule has 2 aromatic rings. The molecule has 1 aromatic heterocycles. The molecular formula is C13H13N5O. The highest BCUT2D eigenvalue weighted by molar-refractivity contribution is 6.02. The first kappa shape index (κ1) is 12.8. The van der Waals surface area contributed by atoms with Gasteiger partial charge in [-0.05, 0) is 24.6 Å². The minimum absolute atomic E-state index is 0.0959. The molecule has 0 radical (unpaired) electrons. The van der Waals surface area contributed by atoms with Crippen LogP contribution in [0.3, 0.4) is 0 Å². The molecule has 0 unspecified atom stereocenters. The van der Waals surface area contributed by atoms with Crippen molar-refractivity contribution in [3.63, 3.8) is 0 Å². The van der Waals surface area contributed by atoms with Crippen molar-refractivity contribution in [3.05, 3.63) is 41.0 Å². The zero-order valence-corrected chi connectivity index (χ0v) is 10.7. The number of aromatic nitrogens is 3. The first-order valence-corrected chi connectivity index (χ1v) is 5.87. The van der Waals surface area contributed by atoms with Gasteiger partial charge in [0.1, 0.15) is 5.82 Å². The number of carbonyl (C=O) groups excluding carboxylic acids is 1. The van der Waals surface area contributed by atoms with E-state index in [2.05, 4.69) is 20.5 Å². The van der Waals surface area contributed by atoms with E-state index >= 15 is 0 Å². The van der Waals surface area contributed by atoms with E-state index in [0.29, 0.717) is 23.5 Å². The molecule has 2 N–H and O–H groups in total. The highest BCUT2D eigenvalue weighted by Crippen LogP contribution is 2.17. The van der Waals surface area contributed by atoms with E-state index in [1.165, 1.54) is 0 Å². The van der Waals surface area contributed by atoms with Gasteiger partial charge in [0.05, 0.1) is 11.6 Å². The van der Waals surface area contributed by atoms with Crippen LogP contribution in [0.4, 0.5) is 5.69 Å². The smallest absolute Gasteiger partial charge is 0.295 e. The average molecular weight is 255 g/mol. The fourth-order valence-corrected chi connectivity index (χ4v) is 1.56. The summed E-state index contributed by atoms with van der Waals surface area (Å²) in [7, 11) is 0. The summed E-state index contributed by atoms with van der Waals surface area (Å²) < 4.78 is 0. The van der Waals surface area contributed by atoms with Gasteiger partial charge in [0.2, 0.25) is 5.82 Å². The van der Waals surface area contributed by atoms with Crippen LogP contribution in [0.25, 0.3) is 0 Å². The summed E-state index contributed by atoms with van der Waals surface area (Å²) in [6.45, 7) is 3.77. The molecule has 19 heavy (non-hydrogen) atoms. The number of nitrogens with zero attached hydrogens (tertiary/aromatic N) is 3. The van der Waals surface area contributed by atoms with Crippen LogP contribution in [-0.2, 0) is 6.42 Å². The summed E-state index contributed by atoms with van der Waals surface area (Å²) in [5, 5.41) is 18.1. The van der Waals surface area contributed by atoms with Crippen LogP contribution in [0.15, 0.2) is 18.2 Å². The molecule has 0 aliphatic rings. The topological polar surface area (TPSA) is 94.5 Å². The highest BCUT2D eigenvalue weighted by atomic mass is 16.2. The van der Waals surface area contributed by atoms with Crippen molar-refractivity contribution in [3.8, 4) is 6.07 Å². The highest BCUT2D eigenvalue weighted by Gasteiger charge is 2.13. The van der Waals surface area contributed by atoms with Crippen molar-refractivity contribution in [2.24, 2.45) is 0 Å². The lowest BCUT2D eigenvalue weighted by Gasteiger charge is -2.06. The third-order valence-electron chi connectivity index (χ3n) is 2.68. The maximum Gasteiger partial charge on any atom is 0.295 e. The number of amides is 1. The van der Waals surface area contributed by atoms with Gasteiger partial charge in [-0.3, -0.25) is 9.89 Å². The molecule has 6 heteroatoms. The van der Waals surface area contributed by atoms with Crippen LogP contribution in [0.2, 0.25) is 0 Å². The van der Waals surface area contributed by atoms with Crippen LogP contribution in [0.1, 0.15) is 34.5 Å². The molecule has 1 amide bonds. The van der Waals surface area contributed by atoms with Crippen LogP contribution >= 0.6 is 0 Å². The van der Waals surface area contributed by atoms with Gasteiger partial charge in [-0.2, -0.15) is 5.26 Å². The SMILES string of the molecule is CCc1nc(C(=O)Nc2cc(C#N)ccc2C)n[nH]1. The van der Waals surface area contributed by atoms with E-state index in [0.717, 1.165) is 5.56 Å². The number of rotatable bonds is 3. The van der Waals surface area contributed by atoms with Crippen LogP contribution in [0, 0.1) is 18.3 Å². The summed E-state index contributed by atoms with van der Waals surface area (Å²) in [6.07, 6.45) is 0.684. The number of nitriles is 1. The molecule has 0 saturated heterocycles. The number of hydrogen-bond acceptors (Lipinski definition) is 4. The molecule has 1 heterocycles. The number of H-pyrrole nitrogens is 1. The minimum atomic E-state index is -0.394. The average Bonchev–Trinajstić information content (AvgIpc) is 2.90. The maximum atomic E-state index is 12.0. The zero-order chi connectivity index (χ0) is 13.8. The van der Waals surface area contributed by atoms with Crippen molar-refractivity contribution < 1.29 is 4.79 Å². The fraction of sp³-hybridized carbons (Fsp3) is 0.231. The number of hydrogen-bond donors (Lipinski definition) is 2. The van der Waals surface area contributed by atoms with E-state index in [4.69, 9.17) is 5.26 Å². The predicted molar refractivity (Wildman–Crippen MR) is 69.6 cm³/mol. The molecule has 2 rings (SSSR count). The number of aromatic amines is 1. The quantitative estimate of drug-likeness (QED) is 0.874. The van der Waals surface area contributed by atoms with Gasteiger partial charge >= 0.3 is 0 Å². The molecule has 0 fully saturated rings. The molecule has 0 saturated carbocycles. The molecule has 96 valence electrons. The summed E-state index contributed by atoms with van der Waals surface area (Å²) >= 11 is 0. The van der Waals surface area contributed by atoms with Crippen molar-refractivity contribution in [2.75, 3.05) is 5.32 Å². The van der Waals surface area contributed by atoms with Gasteiger partial charge in [0, 0.05) is 12.1 Å².